The van der Waals surface area contributed by atoms with Crippen molar-refractivity contribution in [3.05, 3.63) is 12.5 Å². The minimum atomic E-state index is -3.72. The number of nitrogens with zero attached hydrogens (tertiary/aromatic N) is 1. The normalized spacial score (nSPS) is 13.5. The molecule has 0 spiro atoms. The number of aliphatic carboxylic acids is 1. The number of aromatic amines is 1. The number of hydrogen-bond acceptors (Lipinski definition) is 4. The van der Waals surface area contributed by atoms with Gasteiger partial charge in [0, 0.05) is 6.04 Å². The second-order valence-electron chi connectivity index (χ2n) is 3.62. The van der Waals surface area contributed by atoms with E-state index in [2.05, 4.69) is 14.7 Å². The number of H-pyrrole nitrogens is 1. The molecule has 1 heterocycles. The van der Waals surface area contributed by atoms with Crippen LogP contribution in [0.1, 0.15) is 26.2 Å². The Balaban J connectivity index is 2.76. The zero-order chi connectivity index (χ0) is 12.9. The minimum Gasteiger partial charge on any atom is -0.481 e. The molecule has 1 atom stereocenters. The van der Waals surface area contributed by atoms with Crippen molar-refractivity contribution < 1.29 is 18.3 Å². The van der Waals surface area contributed by atoms with Gasteiger partial charge < -0.3 is 10.1 Å². The Morgan fingerprint density at radius 2 is 2.35 bits per heavy atom. The van der Waals surface area contributed by atoms with Crippen molar-refractivity contribution in [3.8, 4) is 0 Å². The zero-order valence-corrected chi connectivity index (χ0v) is 10.2. The summed E-state index contributed by atoms with van der Waals surface area (Å²) in [6.45, 7) is 1.86. The summed E-state index contributed by atoms with van der Waals surface area (Å²) in [4.78, 5) is 16.7. The van der Waals surface area contributed by atoms with Gasteiger partial charge in [0.25, 0.3) is 10.0 Å². The second kappa shape index (κ2) is 5.78. The summed E-state index contributed by atoms with van der Waals surface area (Å²) in [6.07, 6.45) is 3.36. The maximum atomic E-state index is 11.8. The SMILES string of the molecule is CCCC(CC(=O)O)NS(=O)(=O)c1cnc[nH]1. The molecule has 0 radical (unpaired) electrons. The largest absolute Gasteiger partial charge is 0.481 e. The molecule has 96 valence electrons. The summed E-state index contributed by atoms with van der Waals surface area (Å²) in [5, 5.41) is 8.62. The van der Waals surface area contributed by atoms with E-state index in [0.29, 0.717) is 12.8 Å². The van der Waals surface area contributed by atoms with Gasteiger partial charge in [-0.25, -0.2) is 18.1 Å². The van der Waals surface area contributed by atoms with Gasteiger partial charge in [0.15, 0.2) is 5.03 Å². The van der Waals surface area contributed by atoms with Gasteiger partial charge in [0.05, 0.1) is 18.9 Å². The standard InChI is InChI=1S/C9H15N3O4S/c1-2-3-7(4-9(13)14)12-17(15,16)8-5-10-6-11-8/h5-7,12H,2-4H2,1H3,(H,10,11)(H,13,14). The van der Waals surface area contributed by atoms with Crippen molar-refractivity contribution in [2.45, 2.75) is 37.3 Å². The van der Waals surface area contributed by atoms with Crippen LogP contribution in [0.2, 0.25) is 0 Å². The van der Waals surface area contributed by atoms with Crippen LogP contribution >= 0.6 is 0 Å². The highest BCUT2D eigenvalue weighted by molar-refractivity contribution is 7.89. The van der Waals surface area contributed by atoms with Gasteiger partial charge in [-0.15, -0.1) is 0 Å². The van der Waals surface area contributed by atoms with Crippen LogP contribution in [0.4, 0.5) is 0 Å². The Morgan fingerprint density at radius 3 is 2.82 bits per heavy atom. The molecule has 1 aromatic heterocycles. The first-order valence-corrected chi connectivity index (χ1v) is 6.66. The average Bonchev–Trinajstić information content (AvgIpc) is 2.69. The van der Waals surface area contributed by atoms with Crippen molar-refractivity contribution in [1.82, 2.24) is 14.7 Å². The lowest BCUT2D eigenvalue weighted by molar-refractivity contribution is -0.137. The molecule has 0 amide bonds. The van der Waals surface area contributed by atoms with E-state index in [9.17, 15) is 13.2 Å². The monoisotopic (exact) mass is 261 g/mol. The van der Waals surface area contributed by atoms with Gasteiger partial charge in [-0.05, 0) is 6.42 Å². The topological polar surface area (TPSA) is 112 Å². The third kappa shape index (κ3) is 4.16. The van der Waals surface area contributed by atoms with Gasteiger partial charge in [-0.3, -0.25) is 4.79 Å². The summed E-state index contributed by atoms with van der Waals surface area (Å²) in [5.41, 5.74) is 0. The highest BCUT2D eigenvalue weighted by atomic mass is 32.2. The second-order valence-corrected chi connectivity index (χ2v) is 5.30. The maximum Gasteiger partial charge on any atom is 0.304 e. The van der Waals surface area contributed by atoms with Gasteiger partial charge in [0.2, 0.25) is 0 Å². The zero-order valence-electron chi connectivity index (χ0n) is 9.38. The lowest BCUT2D eigenvalue weighted by Crippen LogP contribution is -2.36. The fraction of sp³-hybridized carbons (Fsp3) is 0.556. The molecule has 0 fully saturated rings. The minimum absolute atomic E-state index is 0.0657. The van der Waals surface area contributed by atoms with E-state index in [0.717, 1.165) is 0 Å². The molecule has 0 aromatic carbocycles. The van der Waals surface area contributed by atoms with Gasteiger partial charge in [0.1, 0.15) is 0 Å². The molecule has 1 unspecified atom stereocenters. The highest BCUT2D eigenvalue weighted by Crippen LogP contribution is 2.08. The molecule has 0 aliphatic carbocycles. The molecule has 0 aliphatic heterocycles. The molecule has 0 aliphatic rings. The van der Waals surface area contributed by atoms with Crippen LogP contribution in [0.25, 0.3) is 0 Å². The number of sulfonamides is 1. The van der Waals surface area contributed by atoms with Crippen LogP contribution in [-0.2, 0) is 14.8 Å². The number of carboxylic acids is 1. The van der Waals surface area contributed by atoms with Crippen LogP contribution in [0.5, 0.6) is 0 Å². The summed E-state index contributed by atoms with van der Waals surface area (Å²) < 4.78 is 25.9. The first-order valence-electron chi connectivity index (χ1n) is 5.18. The number of carbonyl (C=O) groups is 1. The number of carboxylic acid groups (broad SMARTS) is 1. The van der Waals surface area contributed by atoms with Crippen LogP contribution < -0.4 is 4.72 Å². The van der Waals surface area contributed by atoms with E-state index in [4.69, 9.17) is 5.11 Å². The summed E-state index contributed by atoms with van der Waals surface area (Å²) in [7, 11) is -3.72. The number of imidazole rings is 1. The Morgan fingerprint density at radius 1 is 1.65 bits per heavy atom. The summed E-state index contributed by atoms with van der Waals surface area (Å²) in [6, 6.07) is -0.606. The molecule has 7 nitrogen and oxygen atoms in total. The molecular weight excluding hydrogens is 246 g/mol. The molecule has 3 N–H and O–H groups in total. The van der Waals surface area contributed by atoms with Crippen LogP contribution in [-0.4, -0.2) is 35.5 Å². The first-order chi connectivity index (χ1) is 7.95. The average molecular weight is 261 g/mol. The van der Waals surface area contributed by atoms with Gasteiger partial charge in [-0.2, -0.15) is 0 Å². The van der Waals surface area contributed by atoms with E-state index in [1.807, 2.05) is 6.92 Å². The van der Waals surface area contributed by atoms with E-state index < -0.39 is 22.0 Å². The first kappa shape index (κ1) is 13.7. The smallest absolute Gasteiger partial charge is 0.304 e. The third-order valence-electron chi connectivity index (χ3n) is 2.14. The van der Waals surface area contributed by atoms with Crippen molar-refractivity contribution >= 4 is 16.0 Å². The van der Waals surface area contributed by atoms with Crippen molar-refractivity contribution in [2.75, 3.05) is 0 Å². The lowest BCUT2D eigenvalue weighted by atomic mass is 10.1. The summed E-state index contributed by atoms with van der Waals surface area (Å²) >= 11 is 0. The lowest BCUT2D eigenvalue weighted by Gasteiger charge is -2.15. The molecule has 1 aromatic rings. The van der Waals surface area contributed by atoms with Crippen molar-refractivity contribution in [1.29, 1.82) is 0 Å². The van der Waals surface area contributed by atoms with E-state index in [1.165, 1.54) is 12.5 Å². The quantitative estimate of drug-likeness (QED) is 0.654. The van der Waals surface area contributed by atoms with Crippen LogP contribution in [0, 0.1) is 0 Å². The molecule has 17 heavy (non-hydrogen) atoms. The van der Waals surface area contributed by atoms with Crippen LogP contribution in [0.15, 0.2) is 17.6 Å². The molecule has 0 saturated carbocycles. The van der Waals surface area contributed by atoms with E-state index in [-0.39, 0.29) is 11.4 Å². The van der Waals surface area contributed by atoms with Gasteiger partial charge >= 0.3 is 5.97 Å². The highest BCUT2D eigenvalue weighted by Gasteiger charge is 2.22. The molecule has 0 saturated heterocycles. The Labute approximate surface area is 99.3 Å². The molecule has 0 bridgehead atoms. The third-order valence-corrected chi connectivity index (χ3v) is 3.59. The van der Waals surface area contributed by atoms with Crippen LogP contribution in [0.3, 0.4) is 0 Å². The Kier molecular flexibility index (Phi) is 4.64. The number of hydrogen-bond donors (Lipinski definition) is 3. The Hall–Kier alpha value is -1.41. The van der Waals surface area contributed by atoms with E-state index in [1.54, 1.807) is 0 Å². The maximum absolute atomic E-state index is 11.8. The number of rotatable bonds is 7. The summed E-state index contributed by atoms with van der Waals surface area (Å²) in [5.74, 6) is -1.03. The fourth-order valence-corrected chi connectivity index (χ4v) is 2.61. The Bertz CT molecular complexity index is 455. The number of aromatic nitrogens is 2. The molecule has 1 rings (SSSR count). The van der Waals surface area contributed by atoms with E-state index >= 15 is 0 Å². The van der Waals surface area contributed by atoms with Crippen molar-refractivity contribution in [2.24, 2.45) is 0 Å². The molecule has 8 heteroatoms. The fourth-order valence-electron chi connectivity index (χ4n) is 1.43. The predicted molar refractivity (Wildman–Crippen MR) is 59.9 cm³/mol. The predicted octanol–water partition coefficient (Wildman–Crippen LogP) is 0.331. The van der Waals surface area contributed by atoms with Gasteiger partial charge in [-0.1, -0.05) is 13.3 Å². The number of nitrogens with one attached hydrogen (secondary N) is 2. The molecular formula is C9H15N3O4S. The van der Waals surface area contributed by atoms with Crippen molar-refractivity contribution in [3.63, 3.8) is 0 Å².